The molecule has 3 aromatic carbocycles. The molecule has 0 saturated carbocycles. The molecule has 0 aliphatic heterocycles. The molecule has 2 N–H and O–H groups in total. The van der Waals surface area contributed by atoms with Crippen LogP contribution in [0.3, 0.4) is 0 Å². The lowest BCUT2D eigenvalue weighted by atomic mass is 10.1. The highest BCUT2D eigenvalue weighted by Gasteiger charge is 2.17. The number of rotatable bonds is 6. The molecule has 1 atom stereocenters. The van der Waals surface area contributed by atoms with Crippen LogP contribution in [0.2, 0.25) is 10.0 Å². The molecular weight excluding hydrogens is 433 g/mol. The molecule has 31 heavy (non-hydrogen) atoms. The van der Waals surface area contributed by atoms with Crippen molar-refractivity contribution in [2.75, 3.05) is 5.32 Å². The number of aromatic amines is 1. The quantitative estimate of drug-likeness (QED) is 0.316. The molecule has 0 aliphatic rings. The average Bonchev–Trinajstić information content (AvgIpc) is 3.17. The molecule has 0 bridgehead atoms. The van der Waals surface area contributed by atoms with E-state index in [0.717, 1.165) is 22.0 Å². The topological polar surface area (TPSA) is 67.0 Å². The number of nitrogens with one attached hydrogen (secondary N) is 2. The maximum Gasteiger partial charge on any atom is 0.247 e. The third-order valence-electron chi connectivity index (χ3n) is 4.88. The maximum atomic E-state index is 11.8. The molecule has 0 spiro atoms. The summed E-state index contributed by atoms with van der Waals surface area (Å²) in [7, 11) is 0. The van der Waals surface area contributed by atoms with E-state index in [4.69, 9.17) is 27.9 Å². The number of benzene rings is 3. The first kappa shape index (κ1) is 21.0. The standard InChI is InChI=1S/C24H19Cl2N3O2/c1-3-22(30)27-20-10-5-4-7-16(20)24-17-13-15(11-12-21(17)28-29-24)31-14(2)23-18(25)8-6-9-19(23)26/h3-14H,1H2,2H3,(H,27,30)(H,28,29). The zero-order chi connectivity index (χ0) is 22.0. The van der Waals surface area contributed by atoms with Crippen LogP contribution in [-0.2, 0) is 4.79 Å². The molecule has 1 amide bonds. The van der Waals surface area contributed by atoms with Gasteiger partial charge in [-0.1, -0.05) is 54.0 Å². The number of carbonyl (C=O) groups is 1. The minimum atomic E-state index is -0.354. The van der Waals surface area contributed by atoms with Gasteiger partial charge in [0, 0.05) is 26.6 Å². The van der Waals surface area contributed by atoms with Crippen LogP contribution in [0.15, 0.2) is 73.3 Å². The van der Waals surface area contributed by atoms with E-state index in [0.29, 0.717) is 27.2 Å². The average molecular weight is 452 g/mol. The summed E-state index contributed by atoms with van der Waals surface area (Å²) in [5.74, 6) is 0.355. The second-order valence-corrected chi connectivity index (χ2v) is 7.73. The van der Waals surface area contributed by atoms with Gasteiger partial charge < -0.3 is 10.1 Å². The van der Waals surface area contributed by atoms with Crippen LogP contribution < -0.4 is 10.1 Å². The van der Waals surface area contributed by atoms with Crippen molar-refractivity contribution < 1.29 is 9.53 Å². The van der Waals surface area contributed by atoms with Crippen LogP contribution in [0.5, 0.6) is 5.75 Å². The summed E-state index contributed by atoms with van der Waals surface area (Å²) >= 11 is 12.6. The van der Waals surface area contributed by atoms with Crippen LogP contribution in [0.25, 0.3) is 22.2 Å². The summed E-state index contributed by atoms with van der Waals surface area (Å²) in [6.45, 7) is 5.40. The number of H-pyrrole nitrogens is 1. The minimum absolute atomic E-state index is 0.290. The Bertz CT molecular complexity index is 1260. The zero-order valence-electron chi connectivity index (χ0n) is 16.7. The third kappa shape index (κ3) is 4.29. The van der Waals surface area contributed by atoms with Gasteiger partial charge in [0.05, 0.1) is 11.2 Å². The number of hydrogen-bond donors (Lipinski definition) is 2. The number of amides is 1. The van der Waals surface area contributed by atoms with E-state index in [1.165, 1.54) is 6.08 Å². The van der Waals surface area contributed by atoms with Crippen LogP contribution in [0.4, 0.5) is 5.69 Å². The molecule has 1 heterocycles. The summed E-state index contributed by atoms with van der Waals surface area (Å²) in [5.41, 5.74) is 3.70. The third-order valence-corrected chi connectivity index (χ3v) is 5.54. The van der Waals surface area contributed by atoms with Crippen molar-refractivity contribution in [1.82, 2.24) is 10.2 Å². The van der Waals surface area contributed by atoms with Gasteiger partial charge in [-0.25, -0.2) is 0 Å². The highest BCUT2D eigenvalue weighted by Crippen LogP contribution is 2.36. The highest BCUT2D eigenvalue weighted by atomic mass is 35.5. The molecule has 0 aliphatic carbocycles. The number of anilines is 1. The van der Waals surface area contributed by atoms with Gasteiger partial charge in [-0.05, 0) is 49.4 Å². The lowest BCUT2D eigenvalue weighted by molar-refractivity contribution is -0.111. The molecule has 7 heteroatoms. The largest absolute Gasteiger partial charge is 0.486 e. The number of ether oxygens (including phenoxy) is 1. The predicted molar refractivity (Wildman–Crippen MR) is 126 cm³/mol. The smallest absolute Gasteiger partial charge is 0.247 e. The molecule has 4 aromatic rings. The van der Waals surface area contributed by atoms with E-state index >= 15 is 0 Å². The van der Waals surface area contributed by atoms with Crippen molar-refractivity contribution in [3.8, 4) is 17.0 Å². The van der Waals surface area contributed by atoms with Crippen LogP contribution in [0.1, 0.15) is 18.6 Å². The number of halogens is 2. The molecule has 0 saturated heterocycles. The Morgan fingerprint density at radius 1 is 1.13 bits per heavy atom. The van der Waals surface area contributed by atoms with Gasteiger partial charge in [0.15, 0.2) is 0 Å². The molecule has 0 fully saturated rings. The SMILES string of the molecule is C=CC(=O)Nc1ccccc1-c1n[nH]c2ccc(OC(C)c3c(Cl)cccc3Cl)cc12. The second-order valence-electron chi connectivity index (χ2n) is 6.91. The van der Waals surface area contributed by atoms with Crippen molar-refractivity contribution >= 4 is 45.7 Å². The molecule has 0 radical (unpaired) electrons. The molecule has 4 rings (SSSR count). The molecule has 156 valence electrons. The van der Waals surface area contributed by atoms with E-state index in [1.807, 2.05) is 49.4 Å². The fraction of sp³-hybridized carbons (Fsp3) is 0.0833. The number of hydrogen-bond acceptors (Lipinski definition) is 3. The Labute approximate surface area is 189 Å². The normalized spacial score (nSPS) is 11.8. The highest BCUT2D eigenvalue weighted by molar-refractivity contribution is 6.36. The molecular formula is C24H19Cl2N3O2. The number of para-hydroxylation sites is 1. The fourth-order valence-electron chi connectivity index (χ4n) is 3.42. The van der Waals surface area contributed by atoms with Crippen molar-refractivity contribution in [2.24, 2.45) is 0 Å². The summed E-state index contributed by atoms with van der Waals surface area (Å²) < 4.78 is 6.15. The van der Waals surface area contributed by atoms with Gasteiger partial charge in [-0.2, -0.15) is 5.10 Å². The van der Waals surface area contributed by atoms with E-state index < -0.39 is 0 Å². The molecule has 1 unspecified atom stereocenters. The first-order valence-corrected chi connectivity index (χ1v) is 10.3. The van der Waals surface area contributed by atoms with Gasteiger partial charge in [0.2, 0.25) is 5.91 Å². The molecule has 5 nitrogen and oxygen atoms in total. The second kappa shape index (κ2) is 8.84. The molecule has 1 aromatic heterocycles. The van der Waals surface area contributed by atoms with Crippen LogP contribution >= 0.6 is 23.2 Å². The maximum absolute atomic E-state index is 11.8. The van der Waals surface area contributed by atoms with Crippen molar-refractivity contribution in [2.45, 2.75) is 13.0 Å². The number of carbonyl (C=O) groups excluding carboxylic acids is 1. The lowest BCUT2D eigenvalue weighted by Crippen LogP contribution is -2.08. The van der Waals surface area contributed by atoms with Gasteiger partial charge >= 0.3 is 0 Å². The lowest BCUT2D eigenvalue weighted by Gasteiger charge is -2.18. The number of aromatic nitrogens is 2. The van der Waals surface area contributed by atoms with Gasteiger partial charge in [-0.15, -0.1) is 0 Å². The summed E-state index contributed by atoms with van der Waals surface area (Å²) in [4.78, 5) is 11.8. The van der Waals surface area contributed by atoms with Crippen molar-refractivity contribution in [3.63, 3.8) is 0 Å². The minimum Gasteiger partial charge on any atom is -0.486 e. The Morgan fingerprint density at radius 2 is 1.87 bits per heavy atom. The predicted octanol–water partition coefficient (Wildman–Crippen LogP) is 6.80. The summed E-state index contributed by atoms with van der Waals surface area (Å²) in [6.07, 6.45) is 0.875. The Kier molecular flexibility index (Phi) is 5.98. The number of nitrogens with zero attached hydrogens (tertiary/aromatic N) is 1. The monoisotopic (exact) mass is 451 g/mol. The zero-order valence-corrected chi connectivity index (χ0v) is 18.2. The van der Waals surface area contributed by atoms with Crippen molar-refractivity contribution in [1.29, 1.82) is 0 Å². The Morgan fingerprint density at radius 3 is 2.61 bits per heavy atom. The number of fused-ring (bicyclic) bond motifs is 1. The first-order chi connectivity index (χ1) is 15.0. The van der Waals surface area contributed by atoms with Crippen molar-refractivity contribution in [3.05, 3.63) is 88.9 Å². The summed E-state index contributed by atoms with van der Waals surface area (Å²) in [5, 5.41) is 12.3. The van der Waals surface area contributed by atoms with Gasteiger partial charge in [0.25, 0.3) is 0 Å². The van der Waals surface area contributed by atoms with E-state index in [2.05, 4.69) is 22.1 Å². The van der Waals surface area contributed by atoms with E-state index in [1.54, 1.807) is 18.2 Å². The summed E-state index contributed by atoms with van der Waals surface area (Å²) in [6, 6.07) is 18.5. The fourth-order valence-corrected chi connectivity index (χ4v) is 4.12. The van der Waals surface area contributed by atoms with Crippen LogP contribution in [-0.4, -0.2) is 16.1 Å². The Hall–Kier alpha value is -3.28. The first-order valence-electron chi connectivity index (χ1n) is 9.59. The Balaban J connectivity index is 1.71. The van der Waals surface area contributed by atoms with E-state index in [9.17, 15) is 4.79 Å². The van der Waals surface area contributed by atoms with Crippen LogP contribution in [0, 0.1) is 0 Å². The van der Waals surface area contributed by atoms with Gasteiger partial charge in [-0.3, -0.25) is 9.89 Å². The van der Waals surface area contributed by atoms with Gasteiger partial charge in [0.1, 0.15) is 17.5 Å². The van der Waals surface area contributed by atoms with E-state index in [-0.39, 0.29) is 12.0 Å².